The van der Waals surface area contributed by atoms with Crippen molar-refractivity contribution in [3.63, 3.8) is 0 Å². The van der Waals surface area contributed by atoms with Crippen LogP contribution in [0.4, 0.5) is 0 Å². The molecule has 1 nitrogen and oxygen atoms in total. The van der Waals surface area contributed by atoms with Crippen LogP contribution < -0.4 is 0 Å². The van der Waals surface area contributed by atoms with E-state index >= 15 is 0 Å². The molecule has 2 saturated heterocycles. The summed E-state index contributed by atoms with van der Waals surface area (Å²) in [6, 6.07) is 0. The van der Waals surface area contributed by atoms with Crippen molar-refractivity contribution in [2.24, 2.45) is 23.7 Å². The molecule has 17 heavy (non-hydrogen) atoms. The maximum atomic E-state index is 6.69. The summed E-state index contributed by atoms with van der Waals surface area (Å²) >= 11 is 0. The largest absolute Gasteiger partial charge is 0.367 e. The second-order valence-corrected chi connectivity index (χ2v) is 7.29. The summed E-state index contributed by atoms with van der Waals surface area (Å²) in [7, 11) is 0. The van der Waals surface area contributed by atoms with Crippen LogP contribution in [0.2, 0.25) is 0 Å². The first-order valence-electron chi connectivity index (χ1n) is 7.27. The predicted molar refractivity (Wildman–Crippen MR) is 70.8 cm³/mol. The van der Waals surface area contributed by atoms with Crippen molar-refractivity contribution in [2.45, 2.75) is 64.6 Å². The van der Waals surface area contributed by atoms with Gasteiger partial charge >= 0.3 is 0 Å². The maximum Gasteiger partial charge on any atom is 0.0784 e. The van der Waals surface area contributed by atoms with Crippen molar-refractivity contribution in [1.82, 2.24) is 0 Å². The molecule has 3 fully saturated rings. The molecule has 0 N–H and O–H groups in total. The molecule has 1 aliphatic carbocycles. The highest BCUT2D eigenvalue weighted by atomic mass is 16.5. The van der Waals surface area contributed by atoms with E-state index in [9.17, 15) is 0 Å². The van der Waals surface area contributed by atoms with Crippen molar-refractivity contribution in [3.8, 4) is 0 Å². The molecule has 2 bridgehead atoms. The minimum atomic E-state index is 0.0698. The third-order valence-electron chi connectivity index (χ3n) is 5.93. The summed E-state index contributed by atoms with van der Waals surface area (Å²) < 4.78 is 6.69. The molecule has 5 atom stereocenters. The normalized spacial score (nSPS) is 53.2. The molecule has 0 radical (unpaired) electrons. The van der Waals surface area contributed by atoms with Crippen LogP contribution in [0.25, 0.3) is 0 Å². The molecule has 1 spiro atoms. The zero-order chi connectivity index (χ0) is 12.4. The maximum absolute atomic E-state index is 6.69. The second kappa shape index (κ2) is 3.38. The van der Waals surface area contributed by atoms with E-state index in [1.165, 1.54) is 24.8 Å². The van der Waals surface area contributed by atoms with Gasteiger partial charge in [-0.3, -0.25) is 0 Å². The first kappa shape index (κ1) is 11.8. The van der Waals surface area contributed by atoms with E-state index in [-0.39, 0.29) is 11.2 Å². The fourth-order valence-electron chi connectivity index (χ4n) is 5.11. The monoisotopic (exact) mass is 234 g/mol. The van der Waals surface area contributed by atoms with Crippen molar-refractivity contribution < 1.29 is 4.74 Å². The molecule has 1 saturated carbocycles. The Morgan fingerprint density at radius 1 is 1.35 bits per heavy atom. The van der Waals surface area contributed by atoms with Crippen molar-refractivity contribution in [1.29, 1.82) is 0 Å². The van der Waals surface area contributed by atoms with E-state index in [0.29, 0.717) is 17.8 Å². The average molecular weight is 234 g/mol. The minimum Gasteiger partial charge on any atom is -0.367 e. The molecule has 0 aromatic carbocycles. The van der Waals surface area contributed by atoms with Crippen LogP contribution in [0.3, 0.4) is 0 Å². The van der Waals surface area contributed by atoms with Crippen LogP contribution in [0.5, 0.6) is 0 Å². The molecule has 0 amide bonds. The molecule has 3 aliphatic rings. The Hall–Kier alpha value is -0.300. The molecule has 0 unspecified atom stereocenters. The van der Waals surface area contributed by atoms with E-state index in [2.05, 4.69) is 34.3 Å². The van der Waals surface area contributed by atoms with E-state index < -0.39 is 0 Å². The number of rotatable bonds is 1. The van der Waals surface area contributed by atoms with Crippen LogP contribution >= 0.6 is 0 Å². The van der Waals surface area contributed by atoms with Gasteiger partial charge in [0.25, 0.3) is 0 Å². The van der Waals surface area contributed by atoms with E-state index in [4.69, 9.17) is 4.74 Å². The predicted octanol–water partition coefficient (Wildman–Crippen LogP) is 4.18. The van der Waals surface area contributed by atoms with Crippen molar-refractivity contribution >= 4 is 0 Å². The van der Waals surface area contributed by atoms with Crippen LogP contribution in [0.1, 0.15) is 53.4 Å². The third-order valence-corrected chi connectivity index (χ3v) is 5.93. The summed E-state index contributed by atoms with van der Waals surface area (Å²) in [5, 5.41) is 0. The highest BCUT2D eigenvalue weighted by Gasteiger charge is 2.65. The molecule has 0 aromatic rings. The smallest absolute Gasteiger partial charge is 0.0784 e. The first-order chi connectivity index (χ1) is 7.89. The average Bonchev–Trinajstić information content (AvgIpc) is 2.65. The van der Waals surface area contributed by atoms with Gasteiger partial charge in [-0.2, -0.15) is 0 Å². The van der Waals surface area contributed by atoms with E-state index in [1.54, 1.807) is 0 Å². The Balaban J connectivity index is 2.04. The van der Waals surface area contributed by atoms with Crippen LogP contribution in [-0.4, -0.2) is 11.2 Å². The van der Waals surface area contributed by atoms with E-state index in [1.807, 2.05) is 0 Å². The van der Waals surface area contributed by atoms with Crippen LogP contribution in [0.15, 0.2) is 12.2 Å². The van der Waals surface area contributed by atoms with Gasteiger partial charge in [-0.15, -0.1) is 0 Å². The number of fused-ring (bicyclic) bond motifs is 1. The SMILES string of the molecule is C=C1C[C@]2(C)O[C@@]3(C[C@@H]2C(C)C)[C@@H]1CC[C@@H]3C. The standard InChI is InChI=1S/C16H26O/c1-10(2)14-9-16-12(4)6-7-13(16)11(3)8-15(14,5)17-16/h10,12-14H,3,6-9H2,1-2,4-5H3/t12-,13+,14+,15-,16+/m0/s1. The second-order valence-electron chi connectivity index (χ2n) is 7.29. The Morgan fingerprint density at radius 3 is 2.71 bits per heavy atom. The summed E-state index contributed by atoms with van der Waals surface area (Å²) in [4.78, 5) is 0. The molecule has 2 aliphatic heterocycles. The molecule has 1 heteroatoms. The van der Waals surface area contributed by atoms with Gasteiger partial charge in [-0.25, -0.2) is 0 Å². The molecule has 0 aromatic heterocycles. The highest BCUT2D eigenvalue weighted by molar-refractivity contribution is 5.25. The third kappa shape index (κ3) is 1.35. The van der Waals surface area contributed by atoms with E-state index in [0.717, 1.165) is 12.3 Å². The lowest BCUT2D eigenvalue weighted by Gasteiger charge is -2.45. The van der Waals surface area contributed by atoms with Crippen LogP contribution in [-0.2, 0) is 4.74 Å². The van der Waals surface area contributed by atoms with Crippen molar-refractivity contribution in [3.05, 3.63) is 12.2 Å². The number of hydrogen-bond acceptors (Lipinski definition) is 1. The molecular formula is C16H26O. The van der Waals surface area contributed by atoms with Crippen LogP contribution in [0, 0.1) is 23.7 Å². The molecule has 96 valence electrons. The molecule has 3 rings (SSSR count). The van der Waals surface area contributed by atoms with Gasteiger partial charge in [0.15, 0.2) is 0 Å². The Kier molecular flexibility index (Phi) is 2.34. The summed E-state index contributed by atoms with van der Waals surface area (Å²) in [5.41, 5.74) is 1.70. The van der Waals surface area contributed by atoms with Gasteiger partial charge in [-0.1, -0.05) is 32.9 Å². The Labute approximate surface area is 106 Å². The zero-order valence-corrected chi connectivity index (χ0v) is 11.8. The van der Waals surface area contributed by atoms with Gasteiger partial charge in [-0.05, 0) is 50.4 Å². The van der Waals surface area contributed by atoms with Gasteiger partial charge in [0.1, 0.15) is 0 Å². The lowest BCUT2D eigenvalue weighted by atomic mass is 9.76. The van der Waals surface area contributed by atoms with Crippen molar-refractivity contribution in [2.75, 3.05) is 0 Å². The zero-order valence-electron chi connectivity index (χ0n) is 11.8. The number of hydrogen-bond donors (Lipinski definition) is 0. The first-order valence-corrected chi connectivity index (χ1v) is 7.27. The lowest BCUT2D eigenvalue weighted by Crippen LogP contribution is -2.47. The molecule has 2 heterocycles. The summed E-state index contributed by atoms with van der Waals surface area (Å²) in [6.45, 7) is 13.8. The Bertz CT molecular complexity index is 359. The minimum absolute atomic E-state index is 0.0698. The summed E-state index contributed by atoms with van der Waals surface area (Å²) in [6.07, 6.45) is 4.99. The van der Waals surface area contributed by atoms with Gasteiger partial charge < -0.3 is 4.74 Å². The van der Waals surface area contributed by atoms with Gasteiger partial charge in [0.2, 0.25) is 0 Å². The molecular weight excluding hydrogens is 208 g/mol. The Morgan fingerprint density at radius 2 is 2.06 bits per heavy atom. The van der Waals surface area contributed by atoms with Gasteiger partial charge in [0, 0.05) is 5.92 Å². The summed E-state index contributed by atoms with van der Waals surface area (Å²) in [5.74, 6) is 2.80. The quantitative estimate of drug-likeness (QED) is 0.618. The fraction of sp³-hybridized carbons (Fsp3) is 0.875. The number of ether oxygens (including phenoxy) is 1. The topological polar surface area (TPSA) is 9.23 Å². The fourth-order valence-corrected chi connectivity index (χ4v) is 5.11. The lowest BCUT2D eigenvalue weighted by molar-refractivity contribution is -0.155. The highest BCUT2D eigenvalue weighted by Crippen LogP contribution is 2.64. The van der Waals surface area contributed by atoms with Gasteiger partial charge in [0.05, 0.1) is 11.2 Å².